The lowest BCUT2D eigenvalue weighted by Crippen LogP contribution is -2.51. The maximum atomic E-state index is 14.9. The molecule has 3 aromatic rings. The summed E-state index contributed by atoms with van der Waals surface area (Å²) in [6, 6.07) is 5.69. The van der Waals surface area contributed by atoms with E-state index in [1.165, 1.54) is 12.1 Å². The highest BCUT2D eigenvalue weighted by molar-refractivity contribution is 7.93. The fraction of sp³-hybridized carbons (Fsp3) is 0.385. The van der Waals surface area contributed by atoms with Crippen LogP contribution >= 0.6 is 0 Å². The Morgan fingerprint density at radius 2 is 1.71 bits per heavy atom. The molecule has 228 valence electrons. The fourth-order valence-corrected chi connectivity index (χ4v) is 7.82. The molecule has 1 unspecified atom stereocenters. The highest BCUT2D eigenvalue weighted by Gasteiger charge is 2.59. The third-order valence-electron chi connectivity index (χ3n) is 7.49. The third-order valence-corrected chi connectivity index (χ3v) is 10.6. The van der Waals surface area contributed by atoms with E-state index in [9.17, 15) is 47.6 Å². The largest absolute Gasteiger partial charge is 0.417 e. The zero-order valence-electron chi connectivity index (χ0n) is 24.4. The minimum atomic E-state index is -5.36. The summed E-state index contributed by atoms with van der Waals surface area (Å²) in [6.45, 7) is 1.62. The molecule has 1 aromatic heterocycles. The number of fused-ring (bicyclic) bond motifs is 1. The highest BCUT2D eigenvalue weighted by Crippen LogP contribution is 2.56. The number of hydrogen-bond donors (Lipinski definition) is 1. The van der Waals surface area contributed by atoms with Gasteiger partial charge in [-0.2, -0.15) is 13.2 Å². The molecular weight excluding hydrogens is 617 g/mol. The van der Waals surface area contributed by atoms with Gasteiger partial charge >= 0.3 is 6.18 Å². The van der Waals surface area contributed by atoms with Crippen molar-refractivity contribution in [2.45, 2.75) is 66.0 Å². The molecule has 0 radical (unpaired) electrons. The molecular formula is C26H23F7N2O5S2. The number of halogens is 7. The first-order valence-corrected chi connectivity index (χ1v) is 15.1. The standard InChI is InChI=1S/C26H23F7N2O5S2/c1-14-3-5-15(6-4-14)42(38,39)35-13-23(16-7-8-24(40-2,12-22(16)35)26(31,32)33)41(36,37)34-21-10-19(27)17(9-20(21)28)18-11-25(18,29)30/h3-6,9-10,13,18,34H,7-8,11-12H2,1-2H3/t18?,24-/m0/s1/i2D3. The molecule has 0 saturated heterocycles. The predicted octanol–water partition coefficient (Wildman–Crippen LogP) is 5.67. The highest BCUT2D eigenvalue weighted by atomic mass is 32.2. The molecule has 0 bridgehead atoms. The molecule has 42 heavy (non-hydrogen) atoms. The van der Waals surface area contributed by atoms with Crippen molar-refractivity contribution in [1.82, 2.24) is 3.97 Å². The molecule has 2 atom stereocenters. The molecule has 1 heterocycles. The van der Waals surface area contributed by atoms with Crippen LogP contribution in [0.25, 0.3) is 0 Å². The van der Waals surface area contributed by atoms with Gasteiger partial charge in [0, 0.05) is 43.4 Å². The van der Waals surface area contributed by atoms with Gasteiger partial charge in [-0.1, -0.05) is 17.7 Å². The van der Waals surface area contributed by atoms with E-state index < -0.39 is 120 Å². The van der Waals surface area contributed by atoms with Gasteiger partial charge in [-0.15, -0.1) is 0 Å². The maximum Gasteiger partial charge on any atom is 0.417 e. The van der Waals surface area contributed by atoms with Crippen LogP contribution in [-0.2, 0) is 37.6 Å². The van der Waals surface area contributed by atoms with Crippen LogP contribution in [-0.4, -0.2) is 45.5 Å². The summed E-state index contributed by atoms with van der Waals surface area (Å²) in [5.41, 5.74) is -5.79. The second-order valence-corrected chi connectivity index (χ2v) is 13.7. The summed E-state index contributed by atoms with van der Waals surface area (Å²) in [4.78, 5) is -1.38. The van der Waals surface area contributed by atoms with Crippen molar-refractivity contribution in [1.29, 1.82) is 0 Å². The molecule has 5 rings (SSSR count). The summed E-state index contributed by atoms with van der Waals surface area (Å²) in [7, 11) is -13.5. The van der Waals surface area contributed by atoms with E-state index >= 15 is 0 Å². The number of alkyl halides is 5. The number of nitrogens with zero attached hydrogens (tertiary/aromatic N) is 1. The molecule has 0 amide bonds. The van der Waals surface area contributed by atoms with Crippen molar-refractivity contribution in [3.05, 3.63) is 76.6 Å². The van der Waals surface area contributed by atoms with Gasteiger partial charge in [-0.25, -0.2) is 38.4 Å². The Labute approximate surface area is 240 Å². The fourth-order valence-electron chi connectivity index (χ4n) is 4.99. The van der Waals surface area contributed by atoms with E-state index in [-0.39, 0.29) is 3.97 Å². The number of ether oxygens (including phenoxy) is 1. The lowest BCUT2D eigenvalue weighted by atomic mass is 9.83. The molecule has 2 aliphatic rings. The van der Waals surface area contributed by atoms with Gasteiger partial charge in [0.1, 0.15) is 16.5 Å². The first-order chi connectivity index (χ1) is 20.5. The molecule has 7 nitrogen and oxygen atoms in total. The molecule has 2 aliphatic carbocycles. The van der Waals surface area contributed by atoms with Crippen molar-refractivity contribution in [2.24, 2.45) is 0 Å². The Bertz CT molecular complexity index is 1890. The van der Waals surface area contributed by atoms with Crippen LogP contribution in [0.2, 0.25) is 0 Å². The molecule has 1 N–H and O–H groups in total. The number of benzene rings is 2. The van der Waals surface area contributed by atoms with Gasteiger partial charge in [-0.05, 0) is 43.5 Å². The van der Waals surface area contributed by atoms with Crippen LogP contribution in [0.5, 0.6) is 0 Å². The smallest absolute Gasteiger partial charge is 0.368 e. The number of aromatic nitrogens is 1. The second kappa shape index (κ2) is 9.71. The van der Waals surface area contributed by atoms with Crippen molar-refractivity contribution < 1.29 is 56.4 Å². The molecule has 0 spiro atoms. The average Bonchev–Trinajstić information content (AvgIpc) is 3.33. The van der Waals surface area contributed by atoms with Crippen LogP contribution in [0.4, 0.5) is 36.4 Å². The Morgan fingerprint density at radius 1 is 1.07 bits per heavy atom. The molecule has 1 saturated carbocycles. The first kappa shape index (κ1) is 26.5. The lowest BCUT2D eigenvalue weighted by molar-refractivity contribution is -0.273. The number of rotatable bonds is 7. The summed E-state index contributed by atoms with van der Waals surface area (Å²) in [5, 5.41) is 0. The second-order valence-electron chi connectivity index (χ2n) is 10.3. The Hall–Kier alpha value is -3.11. The predicted molar refractivity (Wildman–Crippen MR) is 135 cm³/mol. The van der Waals surface area contributed by atoms with E-state index in [1.54, 1.807) is 11.6 Å². The molecule has 1 fully saturated rings. The average molecular weight is 644 g/mol. The zero-order valence-corrected chi connectivity index (χ0v) is 23.0. The Kier molecular flexibility index (Phi) is 6.13. The number of hydrogen-bond acceptors (Lipinski definition) is 5. The van der Waals surface area contributed by atoms with E-state index in [0.717, 1.165) is 12.1 Å². The summed E-state index contributed by atoms with van der Waals surface area (Å²) < 4.78 is 182. The van der Waals surface area contributed by atoms with Gasteiger partial charge in [0.05, 0.1) is 20.6 Å². The number of aryl methyl sites for hydroxylation is 1. The minimum absolute atomic E-state index is 0.263. The monoisotopic (exact) mass is 643 g/mol. The number of nitrogens with one attached hydrogen (secondary N) is 1. The topological polar surface area (TPSA) is 94.5 Å². The number of methoxy groups -OCH3 is 1. The lowest BCUT2D eigenvalue weighted by Gasteiger charge is -2.38. The van der Waals surface area contributed by atoms with Crippen LogP contribution in [0.3, 0.4) is 0 Å². The van der Waals surface area contributed by atoms with Gasteiger partial charge in [0.15, 0.2) is 5.60 Å². The summed E-state index contributed by atoms with van der Waals surface area (Å²) in [5.74, 6) is -7.68. The normalized spacial score (nSPS) is 23.4. The molecule has 2 aromatic carbocycles. The Morgan fingerprint density at radius 3 is 2.29 bits per heavy atom. The molecule has 16 heteroatoms. The zero-order chi connectivity index (χ0) is 33.5. The maximum absolute atomic E-state index is 14.9. The SMILES string of the molecule is [2H]C([2H])([2H])O[C@@]1(C(F)(F)F)CCc2c(S(=O)(=O)Nc3cc(F)c(C4CC4(F)F)cc3F)cn(S(=O)(=O)c3ccc(C)cc3)c2C1. The minimum Gasteiger partial charge on any atom is -0.368 e. The summed E-state index contributed by atoms with van der Waals surface area (Å²) >= 11 is 0. The van der Waals surface area contributed by atoms with Gasteiger partial charge in [0.25, 0.3) is 26.0 Å². The van der Waals surface area contributed by atoms with Crippen molar-refractivity contribution in [3.8, 4) is 0 Å². The van der Waals surface area contributed by atoms with Gasteiger partial charge in [0.2, 0.25) is 0 Å². The quantitative estimate of drug-likeness (QED) is 0.335. The van der Waals surface area contributed by atoms with E-state index in [1.807, 2.05) is 0 Å². The molecule has 0 aliphatic heterocycles. The van der Waals surface area contributed by atoms with E-state index in [0.29, 0.717) is 23.9 Å². The summed E-state index contributed by atoms with van der Waals surface area (Å²) in [6.07, 6.45) is -9.04. The van der Waals surface area contributed by atoms with Crippen molar-refractivity contribution in [2.75, 3.05) is 11.8 Å². The van der Waals surface area contributed by atoms with Gasteiger partial charge < -0.3 is 4.74 Å². The van der Waals surface area contributed by atoms with Crippen LogP contribution in [0.1, 0.15) is 45.3 Å². The van der Waals surface area contributed by atoms with Crippen LogP contribution < -0.4 is 4.72 Å². The third kappa shape index (κ3) is 4.96. The first-order valence-electron chi connectivity index (χ1n) is 13.7. The van der Waals surface area contributed by atoms with Crippen molar-refractivity contribution in [3.63, 3.8) is 0 Å². The van der Waals surface area contributed by atoms with Crippen LogP contribution in [0.15, 0.2) is 52.4 Å². The van der Waals surface area contributed by atoms with Gasteiger partial charge in [-0.3, -0.25) is 4.72 Å². The van der Waals surface area contributed by atoms with E-state index in [4.69, 9.17) is 4.11 Å². The Balaban J connectivity index is 1.64. The van der Waals surface area contributed by atoms with Crippen molar-refractivity contribution >= 4 is 25.7 Å². The number of sulfonamides is 1. The van der Waals surface area contributed by atoms with E-state index in [2.05, 4.69) is 4.74 Å². The van der Waals surface area contributed by atoms with Crippen LogP contribution in [0, 0.1) is 18.6 Å². The number of anilines is 1.